The van der Waals surface area contributed by atoms with Crippen molar-refractivity contribution in [2.75, 3.05) is 27.4 Å². The van der Waals surface area contributed by atoms with Crippen LogP contribution in [-0.4, -0.2) is 161 Å². The number of fused-ring (bicyclic) bond motifs is 1. The maximum Gasteiger partial charge on any atom is 0.337 e. The topological polar surface area (TPSA) is 318 Å². The molecular weight excluding hydrogens is 1000 g/mol. The van der Waals surface area contributed by atoms with Gasteiger partial charge in [-0.05, 0) is 30.2 Å². The Morgan fingerprint density at radius 2 is 1.05 bits per heavy atom. The molecule has 0 bridgehead atoms. The zero-order valence-electron chi connectivity index (χ0n) is 42.9. The summed E-state index contributed by atoms with van der Waals surface area (Å²) in [5.74, 6) is -10.2. The fourth-order valence-electron chi connectivity index (χ4n) is 9.00. The molecule has 3 heterocycles. The molecule has 1 aromatic rings. The van der Waals surface area contributed by atoms with Crippen LogP contribution in [0.1, 0.15) is 74.3 Å². The highest BCUT2D eigenvalue weighted by Gasteiger charge is 2.58. The molecule has 412 valence electrons. The van der Waals surface area contributed by atoms with Crippen molar-refractivity contribution in [3.8, 4) is 11.5 Å². The molecule has 26 nitrogen and oxygen atoms in total. The van der Waals surface area contributed by atoms with Crippen molar-refractivity contribution in [3.63, 3.8) is 0 Å². The molecule has 75 heavy (non-hydrogen) atoms. The molecule has 0 unspecified atom stereocenters. The summed E-state index contributed by atoms with van der Waals surface area (Å²) < 4.78 is 90.4. The van der Waals surface area contributed by atoms with Crippen LogP contribution < -0.4 is 9.47 Å². The Morgan fingerprint density at radius 3 is 1.53 bits per heavy atom. The summed E-state index contributed by atoms with van der Waals surface area (Å²) >= 11 is 0. The first-order valence-corrected chi connectivity index (χ1v) is 23.3. The van der Waals surface area contributed by atoms with Gasteiger partial charge >= 0.3 is 59.7 Å². The third-order valence-corrected chi connectivity index (χ3v) is 11.9. The van der Waals surface area contributed by atoms with Crippen molar-refractivity contribution in [3.05, 3.63) is 41.7 Å². The summed E-state index contributed by atoms with van der Waals surface area (Å²) in [6.45, 7) is 9.40. The summed E-state index contributed by atoms with van der Waals surface area (Å²) in [7, 11) is 2.48. The van der Waals surface area contributed by atoms with Gasteiger partial charge < -0.3 is 75.8 Å². The lowest BCUT2D eigenvalue weighted by molar-refractivity contribution is -0.345. The number of ether oxygens (including phenoxy) is 16. The Hall–Kier alpha value is -7.32. The van der Waals surface area contributed by atoms with Crippen molar-refractivity contribution in [1.29, 1.82) is 0 Å². The van der Waals surface area contributed by atoms with Crippen LogP contribution in [0.15, 0.2) is 36.1 Å². The molecule has 1 saturated carbocycles. The third-order valence-electron chi connectivity index (χ3n) is 11.9. The smallest absolute Gasteiger partial charge is 0.337 e. The molecule has 0 N–H and O–H groups in total. The normalized spacial score (nSPS) is 29.8. The van der Waals surface area contributed by atoms with E-state index in [-0.39, 0.29) is 23.5 Å². The zero-order valence-corrected chi connectivity index (χ0v) is 42.9. The maximum atomic E-state index is 13.6. The van der Waals surface area contributed by atoms with E-state index in [9.17, 15) is 47.9 Å². The van der Waals surface area contributed by atoms with E-state index in [1.807, 2.05) is 0 Å². The van der Waals surface area contributed by atoms with Gasteiger partial charge in [0.15, 0.2) is 42.0 Å². The second-order valence-electron chi connectivity index (χ2n) is 17.5. The number of methoxy groups -OCH3 is 2. The molecule has 2 saturated heterocycles. The van der Waals surface area contributed by atoms with Crippen LogP contribution in [0.3, 0.4) is 0 Å². The zero-order chi connectivity index (χ0) is 55.4. The Morgan fingerprint density at radius 1 is 0.573 bits per heavy atom. The van der Waals surface area contributed by atoms with Crippen LogP contribution in [0.5, 0.6) is 11.5 Å². The second kappa shape index (κ2) is 26.3. The first-order valence-electron chi connectivity index (χ1n) is 23.3. The van der Waals surface area contributed by atoms with E-state index in [1.165, 1.54) is 38.5 Å². The molecule has 0 aromatic heterocycles. The molecular formula is C49H60O26. The molecule has 3 aliphatic heterocycles. The summed E-state index contributed by atoms with van der Waals surface area (Å²) in [6, 6.07) is 4.41. The fourth-order valence-corrected chi connectivity index (χ4v) is 9.00. The third kappa shape index (κ3) is 15.6. The Bertz CT molecular complexity index is 2380. The van der Waals surface area contributed by atoms with Gasteiger partial charge in [-0.1, -0.05) is 13.0 Å². The van der Waals surface area contributed by atoms with E-state index in [0.29, 0.717) is 5.56 Å². The van der Waals surface area contributed by atoms with Crippen LogP contribution in [0.25, 0.3) is 6.08 Å². The van der Waals surface area contributed by atoms with Crippen molar-refractivity contribution >= 4 is 65.8 Å². The number of esters is 10. The standard InChI is InChI=1S/C49H60O26/c1-21-34(17-31-32(46(59)61-11)18-64-47(39(21)31)75-49-45(70-29(9)57)43(68-27(7)55)41(66-25(5)53)37(74-49)20-63-23(3)51)71-38(58)15-13-30-12-14-33(35(16-30)60-10)72-48-44(69-28(8)56)42(67-26(6)54)40(65-24(4)52)36(73-48)19-62-22(2)50/h12-16,18,21,31,34,36-37,39-45,47-49H,17,19-20H2,1-11H3/b15-13+/t21-,31+,34-,36+,37+,39+,40+,41+,42-,43-,44+,45+,47-,48+,49-/m0/s1. The van der Waals surface area contributed by atoms with Crippen molar-refractivity contribution in [2.24, 2.45) is 17.8 Å². The molecule has 1 aliphatic carbocycles. The number of benzene rings is 1. The van der Waals surface area contributed by atoms with Gasteiger partial charge in [0.05, 0.1) is 26.1 Å². The summed E-state index contributed by atoms with van der Waals surface area (Å²) in [6.07, 6.45) is -13.5. The SMILES string of the molecule is COC(=O)C1=CO[C@@H](O[C@@H]2O[C@H](COC(C)=O)[C@@H](OC(C)=O)[C@H](OC(C)=O)[C@H]2OC(C)=O)[C@@H]2[C@@H](C)[C@@H](OC(=O)/C=C/c3ccc(O[C@@H]4O[C@H](COC(C)=O)[C@@H](OC(C)=O)[C@H](OC(C)=O)[C@H]4OC(C)=O)c(OC)c3)C[C@H]12. The Labute approximate surface area is 429 Å². The molecule has 0 spiro atoms. The second-order valence-corrected chi connectivity index (χ2v) is 17.5. The molecule has 0 radical (unpaired) electrons. The van der Waals surface area contributed by atoms with Crippen LogP contribution in [0.4, 0.5) is 0 Å². The van der Waals surface area contributed by atoms with Gasteiger partial charge in [0.25, 0.3) is 0 Å². The minimum atomic E-state index is -1.65. The highest BCUT2D eigenvalue weighted by Crippen LogP contribution is 2.49. The largest absolute Gasteiger partial charge is 0.493 e. The molecule has 26 heteroatoms. The Kier molecular flexibility index (Phi) is 20.5. The number of hydrogen-bond donors (Lipinski definition) is 0. The van der Waals surface area contributed by atoms with Crippen molar-refractivity contribution in [1.82, 2.24) is 0 Å². The predicted octanol–water partition coefficient (Wildman–Crippen LogP) is 1.87. The van der Waals surface area contributed by atoms with E-state index in [1.54, 1.807) is 6.92 Å². The van der Waals surface area contributed by atoms with Crippen molar-refractivity contribution in [2.45, 2.75) is 143 Å². The van der Waals surface area contributed by atoms with Crippen LogP contribution >= 0.6 is 0 Å². The van der Waals surface area contributed by atoms with Gasteiger partial charge in [0.2, 0.25) is 25.0 Å². The van der Waals surface area contributed by atoms with E-state index in [0.717, 1.165) is 67.7 Å². The molecule has 15 atom stereocenters. The lowest BCUT2D eigenvalue weighted by Crippen LogP contribution is -2.63. The van der Waals surface area contributed by atoms with Gasteiger partial charge in [-0.25, -0.2) is 9.59 Å². The summed E-state index contributed by atoms with van der Waals surface area (Å²) in [5, 5.41) is 0. The molecule has 3 fully saturated rings. The quantitative estimate of drug-likeness (QED) is 0.108. The van der Waals surface area contributed by atoms with Gasteiger partial charge in [-0.3, -0.25) is 38.4 Å². The number of carbonyl (C=O) groups excluding carboxylic acids is 10. The lowest BCUT2D eigenvalue weighted by atomic mass is 9.83. The highest BCUT2D eigenvalue weighted by atomic mass is 16.8. The number of hydrogen-bond acceptors (Lipinski definition) is 26. The lowest BCUT2D eigenvalue weighted by Gasteiger charge is -2.46. The highest BCUT2D eigenvalue weighted by molar-refractivity contribution is 5.89. The van der Waals surface area contributed by atoms with E-state index in [2.05, 4.69) is 0 Å². The van der Waals surface area contributed by atoms with Gasteiger partial charge in [0, 0.05) is 79.2 Å². The van der Waals surface area contributed by atoms with Crippen molar-refractivity contribution < 1.29 is 124 Å². The Balaban J connectivity index is 1.38. The first-order chi connectivity index (χ1) is 35.4. The minimum absolute atomic E-state index is 0.00204. The van der Waals surface area contributed by atoms with E-state index >= 15 is 0 Å². The average molecular weight is 1060 g/mol. The van der Waals surface area contributed by atoms with Crippen LogP contribution in [0, 0.1) is 17.8 Å². The summed E-state index contributed by atoms with van der Waals surface area (Å²) in [4.78, 5) is 124. The molecule has 1 aromatic carbocycles. The summed E-state index contributed by atoms with van der Waals surface area (Å²) in [5.41, 5.74) is 0.469. The fraction of sp³-hybridized carbons (Fsp3) is 0.592. The monoisotopic (exact) mass is 1060 g/mol. The minimum Gasteiger partial charge on any atom is -0.493 e. The van der Waals surface area contributed by atoms with Gasteiger partial charge in [-0.2, -0.15) is 0 Å². The molecule has 0 amide bonds. The predicted molar refractivity (Wildman–Crippen MR) is 243 cm³/mol. The molecule has 5 rings (SSSR count). The maximum absolute atomic E-state index is 13.6. The van der Waals surface area contributed by atoms with E-state index in [4.69, 9.17) is 75.8 Å². The first kappa shape index (κ1) is 58.6. The van der Waals surface area contributed by atoms with E-state index < -0.39 is 164 Å². The van der Waals surface area contributed by atoms with Gasteiger partial charge in [-0.15, -0.1) is 0 Å². The van der Waals surface area contributed by atoms with Crippen LogP contribution in [0.2, 0.25) is 0 Å². The molecule has 4 aliphatic rings. The average Bonchev–Trinajstić information content (AvgIpc) is 3.64. The number of rotatable bonds is 19. The number of carbonyl (C=O) groups is 10. The van der Waals surface area contributed by atoms with Gasteiger partial charge in [0.1, 0.15) is 31.5 Å². The van der Waals surface area contributed by atoms with Crippen LogP contribution in [-0.2, 0) is 114 Å².